The van der Waals surface area contributed by atoms with Crippen molar-refractivity contribution in [2.24, 2.45) is 0 Å². The third kappa shape index (κ3) is 2.80. The first kappa shape index (κ1) is 11.2. The van der Waals surface area contributed by atoms with E-state index >= 15 is 0 Å². The van der Waals surface area contributed by atoms with Crippen LogP contribution in [0.1, 0.15) is 17.3 Å². The van der Waals surface area contributed by atoms with Gasteiger partial charge in [0.25, 0.3) is 0 Å². The van der Waals surface area contributed by atoms with Gasteiger partial charge in [-0.25, -0.2) is 9.18 Å². The van der Waals surface area contributed by atoms with Crippen LogP contribution in [0.25, 0.3) is 0 Å². The lowest BCUT2D eigenvalue weighted by atomic mass is 10.2. The van der Waals surface area contributed by atoms with Crippen molar-refractivity contribution >= 4 is 5.97 Å². The molecule has 0 amide bonds. The normalized spacial score (nSPS) is 11.9. The van der Waals surface area contributed by atoms with Crippen molar-refractivity contribution in [3.63, 3.8) is 0 Å². The zero-order valence-corrected chi connectivity index (χ0v) is 8.24. The van der Waals surface area contributed by atoms with Gasteiger partial charge in [0.2, 0.25) is 0 Å². The lowest BCUT2D eigenvalue weighted by Gasteiger charge is -2.12. The molecule has 1 atom stereocenters. The van der Waals surface area contributed by atoms with Crippen molar-refractivity contribution in [2.75, 3.05) is 0 Å². The molecule has 15 heavy (non-hydrogen) atoms. The van der Waals surface area contributed by atoms with Gasteiger partial charge in [-0.2, -0.15) is 0 Å². The molecule has 1 N–H and O–H groups in total. The van der Waals surface area contributed by atoms with Gasteiger partial charge in [0.05, 0.1) is 0 Å². The van der Waals surface area contributed by atoms with E-state index in [-0.39, 0.29) is 17.4 Å². The molecule has 1 aromatic rings. The number of aromatic carboxylic acids is 1. The lowest BCUT2D eigenvalue weighted by Crippen LogP contribution is -2.11. The molecular weight excluding hydrogens is 199 g/mol. The van der Waals surface area contributed by atoms with Crippen LogP contribution in [-0.2, 0) is 0 Å². The largest absolute Gasteiger partial charge is 0.486 e. The molecule has 0 heterocycles. The summed E-state index contributed by atoms with van der Waals surface area (Å²) in [5.74, 6) is -1.68. The van der Waals surface area contributed by atoms with Gasteiger partial charge in [-0.3, -0.25) is 0 Å². The summed E-state index contributed by atoms with van der Waals surface area (Å²) in [4.78, 5) is 10.8. The summed E-state index contributed by atoms with van der Waals surface area (Å²) in [5, 5.41) is 8.81. The van der Waals surface area contributed by atoms with Crippen molar-refractivity contribution in [2.45, 2.75) is 13.0 Å². The van der Waals surface area contributed by atoms with Crippen molar-refractivity contribution in [3.05, 3.63) is 42.2 Å². The van der Waals surface area contributed by atoms with Gasteiger partial charge in [-0.1, -0.05) is 12.7 Å². The van der Waals surface area contributed by atoms with E-state index in [2.05, 4.69) is 6.58 Å². The molecule has 3 nitrogen and oxygen atoms in total. The van der Waals surface area contributed by atoms with Crippen molar-refractivity contribution < 1.29 is 19.0 Å². The maximum atomic E-state index is 12.9. The maximum absolute atomic E-state index is 12.9. The van der Waals surface area contributed by atoms with E-state index in [1.807, 2.05) is 0 Å². The van der Waals surface area contributed by atoms with Crippen LogP contribution >= 0.6 is 0 Å². The third-order valence-corrected chi connectivity index (χ3v) is 1.82. The third-order valence-electron chi connectivity index (χ3n) is 1.82. The Balaban J connectivity index is 3.07. The van der Waals surface area contributed by atoms with Crippen LogP contribution < -0.4 is 4.74 Å². The molecule has 0 spiro atoms. The molecule has 0 aliphatic heterocycles. The summed E-state index contributed by atoms with van der Waals surface area (Å²) in [6.07, 6.45) is 1.13. The van der Waals surface area contributed by atoms with Crippen LogP contribution in [0.5, 0.6) is 5.75 Å². The van der Waals surface area contributed by atoms with Gasteiger partial charge >= 0.3 is 5.97 Å². The van der Waals surface area contributed by atoms with Gasteiger partial charge < -0.3 is 9.84 Å². The summed E-state index contributed by atoms with van der Waals surface area (Å²) in [7, 11) is 0. The standard InChI is InChI=1S/C11H11FO3/c1-3-7(2)15-10-6-8(12)4-5-9(10)11(13)14/h3-7H,1H2,2H3,(H,13,14). The molecule has 80 valence electrons. The van der Waals surface area contributed by atoms with Gasteiger partial charge in [0.1, 0.15) is 23.2 Å². The Morgan fingerprint density at radius 1 is 1.67 bits per heavy atom. The van der Waals surface area contributed by atoms with E-state index in [0.717, 1.165) is 12.1 Å². The number of benzene rings is 1. The Morgan fingerprint density at radius 2 is 2.33 bits per heavy atom. The topological polar surface area (TPSA) is 46.5 Å². The van der Waals surface area contributed by atoms with E-state index in [0.29, 0.717) is 0 Å². The van der Waals surface area contributed by atoms with Crippen LogP contribution in [0.2, 0.25) is 0 Å². The number of carbonyl (C=O) groups is 1. The molecule has 0 aliphatic rings. The van der Waals surface area contributed by atoms with Crippen LogP contribution in [0.15, 0.2) is 30.9 Å². The minimum atomic E-state index is -1.15. The maximum Gasteiger partial charge on any atom is 0.339 e. The summed E-state index contributed by atoms with van der Waals surface area (Å²) >= 11 is 0. The molecule has 4 heteroatoms. The van der Waals surface area contributed by atoms with Gasteiger partial charge in [0.15, 0.2) is 0 Å². The number of halogens is 1. The van der Waals surface area contributed by atoms with E-state index in [1.165, 1.54) is 12.1 Å². The highest BCUT2D eigenvalue weighted by Crippen LogP contribution is 2.21. The fourth-order valence-electron chi connectivity index (χ4n) is 1.02. The molecule has 0 radical (unpaired) electrons. The second kappa shape index (κ2) is 4.59. The molecule has 1 unspecified atom stereocenters. The Bertz CT molecular complexity index is 387. The first-order valence-corrected chi connectivity index (χ1v) is 4.36. The number of ether oxygens (including phenoxy) is 1. The SMILES string of the molecule is C=CC(C)Oc1cc(F)ccc1C(=O)O. The van der Waals surface area contributed by atoms with E-state index in [1.54, 1.807) is 6.92 Å². The highest BCUT2D eigenvalue weighted by atomic mass is 19.1. The van der Waals surface area contributed by atoms with Gasteiger partial charge in [-0.15, -0.1) is 0 Å². The summed E-state index contributed by atoms with van der Waals surface area (Å²) in [6, 6.07) is 3.29. The molecule has 0 aliphatic carbocycles. The molecule has 0 saturated carbocycles. The monoisotopic (exact) mass is 210 g/mol. The van der Waals surface area contributed by atoms with E-state index in [9.17, 15) is 9.18 Å². The Labute approximate surface area is 86.8 Å². The van der Waals surface area contributed by atoms with Crippen LogP contribution in [-0.4, -0.2) is 17.2 Å². The highest BCUT2D eigenvalue weighted by molar-refractivity contribution is 5.90. The molecule has 0 aromatic heterocycles. The highest BCUT2D eigenvalue weighted by Gasteiger charge is 2.13. The van der Waals surface area contributed by atoms with Crippen molar-refractivity contribution in [1.29, 1.82) is 0 Å². The molecule has 1 rings (SSSR count). The van der Waals surface area contributed by atoms with Crippen molar-refractivity contribution in [1.82, 2.24) is 0 Å². The Kier molecular flexibility index (Phi) is 3.44. The van der Waals surface area contributed by atoms with E-state index < -0.39 is 11.8 Å². The minimum Gasteiger partial charge on any atom is -0.486 e. The molecule has 0 saturated heterocycles. The average Bonchev–Trinajstić information content (AvgIpc) is 2.17. The second-order valence-electron chi connectivity index (χ2n) is 3.00. The van der Waals surface area contributed by atoms with Crippen LogP contribution in [0.3, 0.4) is 0 Å². The first-order valence-electron chi connectivity index (χ1n) is 4.36. The zero-order valence-electron chi connectivity index (χ0n) is 8.24. The number of carboxylic acid groups (broad SMARTS) is 1. The Morgan fingerprint density at radius 3 is 2.87 bits per heavy atom. The predicted octanol–water partition coefficient (Wildman–Crippen LogP) is 2.48. The predicted molar refractivity (Wildman–Crippen MR) is 53.6 cm³/mol. The minimum absolute atomic E-state index is 0.00917. The molecule has 0 fully saturated rings. The zero-order chi connectivity index (χ0) is 11.4. The average molecular weight is 210 g/mol. The van der Waals surface area contributed by atoms with Gasteiger partial charge in [-0.05, 0) is 19.1 Å². The fourth-order valence-corrected chi connectivity index (χ4v) is 1.02. The lowest BCUT2D eigenvalue weighted by molar-refractivity contribution is 0.0691. The van der Waals surface area contributed by atoms with Crippen molar-refractivity contribution in [3.8, 4) is 5.75 Å². The molecule has 1 aromatic carbocycles. The number of hydrogen-bond acceptors (Lipinski definition) is 2. The Hall–Kier alpha value is -1.84. The van der Waals surface area contributed by atoms with Gasteiger partial charge in [0, 0.05) is 6.07 Å². The van der Waals surface area contributed by atoms with Crippen LogP contribution in [0.4, 0.5) is 4.39 Å². The number of hydrogen-bond donors (Lipinski definition) is 1. The summed E-state index contributed by atoms with van der Waals surface area (Å²) < 4.78 is 18.1. The summed E-state index contributed by atoms with van der Waals surface area (Å²) in [6.45, 7) is 5.17. The number of carboxylic acids is 1. The second-order valence-corrected chi connectivity index (χ2v) is 3.00. The quantitative estimate of drug-likeness (QED) is 0.776. The summed E-state index contributed by atoms with van der Waals surface area (Å²) in [5.41, 5.74) is -0.0647. The fraction of sp³-hybridized carbons (Fsp3) is 0.182. The molecule has 0 bridgehead atoms. The smallest absolute Gasteiger partial charge is 0.339 e. The first-order chi connectivity index (χ1) is 7.04. The van der Waals surface area contributed by atoms with E-state index in [4.69, 9.17) is 9.84 Å². The molecular formula is C11H11FO3. The number of rotatable bonds is 4. The van der Waals surface area contributed by atoms with Crippen LogP contribution in [0, 0.1) is 5.82 Å².